The highest BCUT2D eigenvalue weighted by Crippen LogP contribution is 2.52. The van der Waals surface area contributed by atoms with E-state index in [2.05, 4.69) is 9.88 Å². The molecule has 0 aliphatic carbocycles. The van der Waals surface area contributed by atoms with Crippen LogP contribution >= 0.6 is 23.4 Å². The maximum absolute atomic E-state index is 11.5. The van der Waals surface area contributed by atoms with Gasteiger partial charge in [-0.3, -0.25) is 9.54 Å². The Morgan fingerprint density at radius 1 is 1.04 bits per heavy atom. The highest BCUT2D eigenvalue weighted by Gasteiger charge is 2.31. The van der Waals surface area contributed by atoms with E-state index < -0.39 is 10.1 Å². The summed E-state index contributed by atoms with van der Waals surface area (Å²) in [5, 5.41) is 0.596. The summed E-state index contributed by atoms with van der Waals surface area (Å²) in [7, 11) is -4.11. The van der Waals surface area contributed by atoms with Crippen LogP contribution in [0.15, 0.2) is 76.7 Å². The summed E-state index contributed by atoms with van der Waals surface area (Å²) in [6, 6.07) is 18.8. The second-order valence-corrected chi connectivity index (χ2v) is 9.49. The second kappa shape index (κ2) is 7.75. The van der Waals surface area contributed by atoms with Crippen LogP contribution in [-0.4, -0.2) is 23.7 Å². The number of hydrogen-bond donors (Lipinski definition) is 1. The number of rotatable bonds is 5. The molecule has 4 rings (SSSR count). The van der Waals surface area contributed by atoms with Gasteiger partial charge in [0.25, 0.3) is 10.1 Å². The maximum Gasteiger partial charge on any atom is 0.264 e. The monoisotopic (exact) mass is 432 g/mol. The molecule has 0 amide bonds. The Morgan fingerprint density at radius 2 is 1.79 bits per heavy atom. The van der Waals surface area contributed by atoms with Crippen molar-refractivity contribution >= 4 is 44.9 Å². The van der Waals surface area contributed by atoms with Crippen LogP contribution < -0.4 is 4.90 Å². The van der Waals surface area contributed by atoms with Gasteiger partial charge in [0.15, 0.2) is 0 Å². The summed E-state index contributed by atoms with van der Waals surface area (Å²) in [5.74, 6) is -0.365. The van der Waals surface area contributed by atoms with Gasteiger partial charge in [-0.1, -0.05) is 41.6 Å². The van der Waals surface area contributed by atoms with Gasteiger partial charge in [-0.15, -0.1) is 0 Å². The van der Waals surface area contributed by atoms with Gasteiger partial charge >= 0.3 is 0 Å². The highest BCUT2D eigenvalue weighted by atomic mass is 35.5. The third-order valence-corrected chi connectivity index (χ3v) is 6.63. The molecule has 28 heavy (non-hydrogen) atoms. The fourth-order valence-electron chi connectivity index (χ4n) is 3.33. The van der Waals surface area contributed by atoms with E-state index in [1.165, 1.54) is 0 Å². The molecule has 1 aliphatic heterocycles. The maximum atomic E-state index is 11.5. The molecule has 3 aromatic rings. The van der Waals surface area contributed by atoms with E-state index in [9.17, 15) is 13.0 Å². The van der Waals surface area contributed by atoms with Crippen molar-refractivity contribution in [1.29, 1.82) is 0 Å². The van der Waals surface area contributed by atoms with E-state index in [-0.39, 0.29) is 18.2 Å². The molecule has 1 atom stereocenters. The lowest BCUT2D eigenvalue weighted by Gasteiger charge is -2.38. The van der Waals surface area contributed by atoms with Crippen molar-refractivity contribution in [2.45, 2.75) is 22.3 Å². The quantitative estimate of drug-likeness (QED) is 0.547. The normalized spacial score (nSPS) is 14.3. The number of anilines is 2. The Morgan fingerprint density at radius 3 is 2.54 bits per heavy atom. The summed E-state index contributed by atoms with van der Waals surface area (Å²) in [6.07, 6.45) is 1.86. The molecule has 0 saturated carbocycles. The van der Waals surface area contributed by atoms with E-state index >= 15 is 0 Å². The van der Waals surface area contributed by atoms with E-state index in [1.807, 2.05) is 60.7 Å². The third kappa shape index (κ3) is 4.03. The molecule has 5 nitrogen and oxygen atoms in total. The summed E-state index contributed by atoms with van der Waals surface area (Å²) in [6.45, 7) is 0. The molecule has 0 saturated heterocycles. The summed E-state index contributed by atoms with van der Waals surface area (Å²) in [5.41, 5.74) is 2.56. The summed E-state index contributed by atoms with van der Waals surface area (Å²) >= 11 is 7.92. The van der Waals surface area contributed by atoms with Gasteiger partial charge < -0.3 is 4.90 Å². The number of nitrogens with zero attached hydrogens (tertiary/aromatic N) is 2. The Kier molecular flexibility index (Phi) is 5.33. The molecular formula is C20H17ClN2O3S2. The predicted octanol–water partition coefficient (Wildman–Crippen LogP) is 5.36. The lowest BCUT2D eigenvalue weighted by Crippen LogP contribution is -2.29. The fraction of sp³-hybridized carbons (Fsp3) is 0.150. The first kappa shape index (κ1) is 19.3. The van der Waals surface area contributed by atoms with Crippen LogP contribution in [0, 0.1) is 0 Å². The molecule has 0 radical (unpaired) electrons. The molecule has 1 N–H and O–H groups in total. The van der Waals surface area contributed by atoms with E-state index in [4.69, 9.17) is 11.6 Å². The van der Waals surface area contributed by atoms with Crippen LogP contribution in [0.2, 0.25) is 5.02 Å². The molecule has 2 heterocycles. The van der Waals surface area contributed by atoms with Crippen LogP contribution in [0.25, 0.3) is 0 Å². The summed E-state index contributed by atoms with van der Waals surface area (Å²) in [4.78, 5) is 8.62. The lowest BCUT2D eigenvalue weighted by molar-refractivity contribution is 0.476. The van der Waals surface area contributed by atoms with Gasteiger partial charge in [0.2, 0.25) is 0 Å². The number of aromatic nitrogens is 1. The minimum Gasteiger partial charge on any atom is -0.330 e. The van der Waals surface area contributed by atoms with Crippen LogP contribution in [-0.2, 0) is 10.1 Å². The van der Waals surface area contributed by atoms with Crippen molar-refractivity contribution in [2.75, 3.05) is 10.7 Å². The van der Waals surface area contributed by atoms with Gasteiger partial charge in [-0.05, 0) is 48.9 Å². The fourth-order valence-corrected chi connectivity index (χ4v) is 5.07. The molecule has 1 aliphatic rings. The number of benzene rings is 2. The molecule has 1 aromatic heterocycles. The zero-order valence-electron chi connectivity index (χ0n) is 14.7. The number of fused-ring (bicyclic) bond motifs is 2. The number of para-hydroxylation sites is 1. The van der Waals surface area contributed by atoms with E-state index in [1.54, 1.807) is 18.0 Å². The molecule has 0 spiro atoms. The SMILES string of the molecule is O=S(=O)(O)CCC(c1ccccn1)N1c2ccccc2Sc2ccc(Cl)cc21. The van der Waals surface area contributed by atoms with Crippen molar-refractivity contribution in [2.24, 2.45) is 0 Å². The number of hydrogen-bond acceptors (Lipinski definition) is 5. The Hall–Kier alpha value is -2.06. The minimum absolute atomic E-state index is 0.181. The lowest BCUT2D eigenvalue weighted by atomic mass is 10.0. The average molecular weight is 433 g/mol. The van der Waals surface area contributed by atoms with Crippen molar-refractivity contribution in [1.82, 2.24) is 4.98 Å². The largest absolute Gasteiger partial charge is 0.330 e. The second-order valence-electron chi connectivity index (χ2n) is 6.40. The molecule has 2 aromatic carbocycles. The Bertz CT molecular complexity index is 1110. The first-order valence-electron chi connectivity index (χ1n) is 8.64. The van der Waals surface area contributed by atoms with Gasteiger partial charge in [0, 0.05) is 21.0 Å². The smallest absolute Gasteiger partial charge is 0.264 e. The van der Waals surface area contributed by atoms with Crippen LogP contribution in [0.3, 0.4) is 0 Å². The number of halogens is 1. The standard InChI is InChI=1S/C20H17ClN2O3S2/c21-14-8-9-20-18(13-14)23(17-6-1-2-7-19(17)27-20)16(10-12-28(24,25)26)15-5-3-4-11-22-15/h1-9,11,13,16H,10,12H2,(H,24,25,26). The topological polar surface area (TPSA) is 70.5 Å². The van der Waals surface area contributed by atoms with E-state index in [0.717, 1.165) is 26.9 Å². The van der Waals surface area contributed by atoms with Crippen molar-refractivity contribution in [3.05, 3.63) is 77.6 Å². The first-order valence-corrected chi connectivity index (χ1v) is 11.4. The molecular weight excluding hydrogens is 416 g/mol. The van der Waals surface area contributed by atoms with Crippen LogP contribution in [0.1, 0.15) is 18.2 Å². The van der Waals surface area contributed by atoms with Crippen molar-refractivity contribution in [3.8, 4) is 0 Å². The molecule has 8 heteroatoms. The zero-order chi connectivity index (χ0) is 19.7. The minimum atomic E-state index is -4.11. The van der Waals surface area contributed by atoms with Crippen LogP contribution in [0.4, 0.5) is 11.4 Å². The first-order chi connectivity index (χ1) is 13.4. The predicted molar refractivity (Wildman–Crippen MR) is 112 cm³/mol. The van der Waals surface area contributed by atoms with Gasteiger partial charge in [-0.2, -0.15) is 8.42 Å². The number of pyridine rings is 1. The molecule has 1 unspecified atom stereocenters. The highest BCUT2D eigenvalue weighted by molar-refractivity contribution is 7.99. The van der Waals surface area contributed by atoms with Crippen molar-refractivity contribution < 1.29 is 13.0 Å². The van der Waals surface area contributed by atoms with Crippen LogP contribution in [0.5, 0.6) is 0 Å². The van der Waals surface area contributed by atoms with Gasteiger partial charge in [-0.25, -0.2) is 0 Å². The van der Waals surface area contributed by atoms with Gasteiger partial charge in [0.05, 0.1) is 28.9 Å². The van der Waals surface area contributed by atoms with E-state index in [0.29, 0.717) is 5.02 Å². The van der Waals surface area contributed by atoms with Crippen molar-refractivity contribution in [3.63, 3.8) is 0 Å². The molecule has 0 fully saturated rings. The average Bonchev–Trinajstić information content (AvgIpc) is 2.67. The molecule has 144 valence electrons. The Balaban J connectivity index is 1.88. The van der Waals surface area contributed by atoms with Gasteiger partial charge in [0.1, 0.15) is 0 Å². The zero-order valence-corrected chi connectivity index (χ0v) is 17.1. The third-order valence-electron chi connectivity index (χ3n) is 4.52. The molecule has 0 bridgehead atoms. The summed E-state index contributed by atoms with van der Waals surface area (Å²) < 4.78 is 32.3. The Labute approximate surface area is 173 Å².